The molecule has 3 aromatic rings. The molecule has 26 heavy (non-hydrogen) atoms. The van der Waals surface area contributed by atoms with Gasteiger partial charge in [0.15, 0.2) is 0 Å². The number of halogens is 3. The van der Waals surface area contributed by atoms with E-state index in [1.807, 2.05) is 0 Å². The third-order valence-electron chi connectivity index (χ3n) is 3.73. The lowest BCUT2D eigenvalue weighted by molar-refractivity contribution is -0.141. The van der Waals surface area contributed by atoms with Crippen LogP contribution in [-0.4, -0.2) is 20.1 Å². The van der Waals surface area contributed by atoms with Gasteiger partial charge in [-0.2, -0.15) is 13.2 Å². The molecule has 3 rings (SSSR count). The van der Waals surface area contributed by atoms with Gasteiger partial charge in [0, 0.05) is 16.8 Å². The third-order valence-corrected chi connectivity index (χ3v) is 3.73. The van der Waals surface area contributed by atoms with Gasteiger partial charge >= 0.3 is 6.18 Å². The molecular formula is C18H15F3N4O. The first-order valence-corrected chi connectivity index (χ1v) is 7.68. The van der Waals surface area contributed by atoms with Gasteiger partial charge in [-0.25, -0.2) is 15.0 Å². The first-order valence-electron chi connectivity index (χ1n) is 7.68. The summed E-state index contributed by atoms with van der Waals surface area (Å²) in [5.74, 6) is -0.0709. The predicted molar refractivity (Wildman–Crippen MR) is 90.8 cm³/mol. The van der Waals surface area contributed by atoms with Crippen molar-refractivity contribution in [2.45, 2.75) is 19.7 Å². The molecule has 0 fully saturated rings. The van der Waals surface area contributed by atoms with Crippen LogP contribution in [0.1, 0.15) is 17.1 Å². The summed E-state index contributed by atoms with van der Waals surface area (Å²) in [6, 6.07) is 11.3. The number of aromatic nitrogens is 3. The SMILES string of the molecule is Cc1cc(-c2c(CO)nc(N)nc2-c2ccccc2)cc(C(F)(F)F)n1. The minimum absolute atomic E-state index is 0.0709. The molecule has 0 aliphatic carbocycles. The summed E-state index contributed by atoms with van der Waals surface area (Å²) in [6.07, 6.45) is -4.60. The molecule has 0 saturated carbocycles. The summed E-state index contributed by atoms with van der Waals surface area (Å²) in [4.78, 5) is 11.7. The average Bonchev–Trinajstić information content (AvgIpc) is 2.60. The molecule has 134 valence electrons. The standard InChI is InChI=1S/C18H15F3N4O/c1-10-7-12(8-14(23-10)18(19,20)21)15-13(9-26)24-17(22)25-16(15)11-5-3-2-4-6-11/h2-8,26H,9H2,1H3,(H2,22,24,25). The summed E-state index contributed by atoms with van der Waals surface area (Å²) in [5.41, 5.74) is 6.55. The highest BCUT2D eigenvalue weighted by atomic mass is 19.4. The molecular weight excluding hydrogens is 345 g/mol. The predicted octanol–water partition coefficient (Wildman–Crippen LogP) is 3.61. The molecule has 0 bridgehead atoms. The lowest BCUT2D eigenvalue weighted by atomic mass is 9.97. The number of aliphatic hydroxyl groups excluding tert-OH is 1. The number of alkyl halides is 3. The highest BCUT2D eigenvalue weighted by molar-refractivity contribution is 5.83. The monoisotopic (exact) mass is 360 g/mol. The van der Waals surface area contributed by atoms with E-state index in [9.17, 15) is 18.3 Å². The second kappa shape index (κ2) is 6.72. The summed E-state index contributed by atoms with van der Waals surface area (Å²) in [5, 5.41) is 9.69. The molecule has 0 atom stereocenters. The molecule has 8 heteroatoms. The number of nitrogens with two attached hydrogens (primary N) is 1. The quantitative estimate of drug-likeness (QED) is 0.745. The molecule has 0 spiro atoms. The van der Waals surface area contributed by atoms with E-state index in [1.54, 1.807) is 30.3 Å². The van der Waals surface area contributed by atoms with Crippen LogP contribution in [0.4, 0.5) is 19.1 Å². The van der Waals surface area contributed by atoms with Crippen molar-refractivity contribution in [3.63, 3.8) is 0 Å². The van der Waals surface area contributed by atoms with E-state index in [2.05, 4.69) is 15.0 Å². The number of rotatable bonds is 3. The highest BCUT2D eigenvalue weighted by Gasteiger charge is 2.33. The largest absolute Gasteiger partial charge is 0.433 e. The number of aryl methyl sites for hydroxylation is 1. The number of benzene rings is 1. The van der Waals surface area contributed by atoms with Crippen molar-refractivity contribution < 1.29 is 18.3 Å². The smallest absolute Gasteiger partial charge is 0.390 e. The second-order valence-electron chi connectivity index (χ2n) is 5.66. The topological polar surface area (TPSA) is 84.9 Å². The summed E-state index contributed by atoms with van der Waals surface area (Å²) >= 11 is 0. The van der Waals surface area contributed by atoms with Gasteiger partial charge in [-0.3, -0.25) is 0 Å². The molecule has 1 aromatic carbocycles. The minimum atomic E-state index is -4.60. The molecule has 0 saturated heterocycles. The fourth-order valence-electron chi connectivity index (χ4n) is 2.71. The van der Waals surface area contributed by atoms with Crippen LogP contribution in [-0.2, 0) is 12.8 Å². The number of pyridine rings is 1. The van der Waals surface area contributed by atoms with Gasteiger partial charge < -0.3 is 10.8 Å². The Morgan fingerprint density at radius 3 is 2.31 bits per heavy atom. The summed E-state index contributed by atoms with van der Waals surface area (Å²) in [7, 11) is 0. The average molecular weight is 360 g/mol. The van der Waals surface area contributed by atoms with Gasteiger partial charge in [0.2, 0.25) is 5.95 Å². The molecule has 0 aliphatic rings. The molecule has 0 radical (unpaired) electrons. The van der Waals surface area contributed by atoms with Gasteiger partial charge in [0.05, 0.1) is 18.0 Å². The zero-order valence-corrected chi connectivity index (χ0v) is 13.7. The molecule has 0 unspecified atom stereocenters. The first-order chi connectivity index (χ1) is 12.3. The van der Waals surface area contributed by atoms with Crippen molar-refractivity contribution in [1.82, 2.24) is 15.0 Å². The first kappa shape index (κ1) is 17.8. The van der Waals surface area contributed by atoms with Gasteiger partial charge in [-0.1, -0.05) is 30.3 Å². The molecule has 0 aliphatic heterocycles. The Balaban J connectivity index is 2.33. The Kier molecular flexibility index (Phi) is 4.60. The van der Waals surface area contributed by atoms with E-state index in [-0.39, 0.29) is 22.9 Å². The molecule has 3 N–H and O–H groups in total. The number of anilines is 1. The fourth-order valence-corrected chi connectivity index (χ4v) is 2.71. The molecule has 2 aromatic heterocycles. The minimum Gasteiger partial charge on any atom is -0.390 e. The lowest BCUT2D eigenvalue weighted by Gasteiger charge is -2.16. The number of hydrogen-bond donors (Lipinski definition) is 2. The number of hydrogen-bond acceptors (Lipinski definition) is 5. The van der Waals surface area contributed by atoms with Gasteiger partial charge in [0.25, 0.3) is 0 Å². The number of nitrogens with zero attached hydrogens (tertiary/aromatic N) is 3. The van der Waals surface area contributed by atoms with Crippen molar-refractivity contribution in [2.75, 3.05) is 5.73 Å². The van der Waals surface area contributed by atoms with Crippen LogP contribution in [0.5, 0.6) is 0 Å². The van der Waals surface area contributed by atoms with Crippen LogP contribution in [0.25, 0.3) is 22.4 Å². The zero-order valence-electron chi connectivity index (χ0n) is 13.7. The maximum atomic E-state index is 13.2. The van der Waals surface area contributed by atoms with Gasteiger partial charge in [-0.15, -0.1) is 0 Å². The van der Waals surface area contributed by atoms with Crippen LogP contribution < -0.4 is 5.73 Å². The van der Waals surface area contributed by atoms with E-state index in [4.69, 9.17) is 5.73 Å². The van der Waals surface area contributed by atoms with E-state index < -0.39 is 18.5 Å². The molecule has 2 heterocycles. The number of aliphatic hydroxyl groups is 1. The van der Waals surface area contributed by atoms with Crippen molar-refractivity contribution >= 4 is 5.95 Å². The van der Waals surface area contributed by atoms with Crippen LogP contribution in [0.15, 0.2) is 42.5 Å². The fraction of sp³-hybridized carbons (Fsp3) is 0.167. The Bertz CT molecular complexity index is 943. The Morgan fingerprint density at radius 2 is 1.69 bits per heavy atom. The van der Waals surface area contributed by atoms with Crippen molar-refractivity contribution in [3.05, 3.63) is 59.5 Å². The van der Waals surface area contributed by atoms with Gasteiger partial charge in [-0.05, 0) is 24.6 Å². The molecule has 5 nitrogen and oxygen atoms in total. The highest BCUT2D eigenvalue weighted by Crippen LogP contribution is 2.37. The Labute approximate surface area is 147 Å². The normalized spacial score (nSPS) is 11.6. The van der Waals surface area contributed by atoms with E-state index in [0.717, 1.165) is 6.07 Å². The summed E-state index contributed by atoms with van der Waals surface area (Å²) < 4.78 is 39.5. The maximum absolute atomic E-state index is 13.2. The Morgan fingerprint density at radius 1 is 1.00 bits per heavy atom. The van der Waals surface area contributed by atoms with E-state index >= 15 is 0 Å². The Hall–Kier alpha value is -3.00. The van der Waals surface area contributed by atoms with E-state index in [0.29, 0.717) is 16.8 Å². The van der Waals surface area contributed by atoms with Crippen molar-refractivity contribution in [3.8, 4) is 22.4 Å². The van der Waals surface area contributed by atoms with Crippen LogP contribution in [0.2, 0.25) is 0 Å². The van der Waals surface area contributed by atoms with Crippen molar-refractivity contribution in [2.24, 2.45) is 0 Å². The van der Waals surface area contributed by atoms with Crippen LogP contribution >= 0.6 is 0 Å². The van der Waals surface area contributed by atoms with E-state index in [1.165, 1.54) is 13.0 Å². The van der Waals surface area contributed by atoms with Crippen molar-refractivity contribution in [1.29, 1.82) is 0 Å². The van der Waals surface area contributed by atoms with Crippen LogP contribution in [0, 0.1) is 6.92 Å². The lowest BCUT2D eigenvalue weighted by Crippen LogP contribution is -2.10. The summed E-state index contributed by atoms with van der Waals surface area (Å²) in [6.45, 7) is 0.975. The third kappa shape index (κ3) is 3.50. The number of nitrogen functional groups attached to an aromatic ring is 1. The zero-order chi connectivity index (χ0) is 18.9. The van der Waals surface area contributed by atoms with Gasteiger partial charge in [0.1, 0.15) is 5.69 Å². The second-order valence-corrected chi connectivity index (χ2v) is 5.66. The maximum Gasteiger partial charge on any atom is 0.433 e. The van der Waals surface area contributed by atoms with Crippen LogP contribution in [0.3, 0.4) is 0 Å². The molecule has 0 amide bonds.